The standard InChI is InChI=1S/C35H56O4/c1-3-4-23-28-33(36)30-25-21-22-26-31-34(37)29-24-19-17-15-13-11-9-7-5-6-8-10-12-14-16-18-20-27-32-35(38)39-2/h4,13,15,19,21-26,30,33,36-37H,3,5-12,14,16-18,20,27-29,32H2,1-2H3/b15-13-,22-21+,23-4-,24-19-,30-25-/t31?,33-/m0/s1. The maximum absolute atomic E-state index is 11.0. The van der Waals surface area contributed by atoms with Crippen molar-refractivity contribution >= 4 is 5.97 Å². The third-order valence-electron chi connectivity index (χ3n) is 6.33. The number of allylic oxidation sites excluding steroid dienone is 8. The van der Waals surface area contributed by atoms with Crippen molar-refractivity contribution < 1.29 is 19.7 Å². The van der Waals surface area contributed by atoms with E-state index in [1.807, 2.05) is 24.3 Å². The van der Waals surface area contributed by atoms with E-state index in [9.17, 15) is 15.0 Å². The van der Waals surface area contributed by atoms with Crippen molar-refractivity contribution in [3.05, 3.63) is 78.3 Å². The van der Waals surface area contributed by atoms with Gasteiger partial charge in [-0.25, -0.2) is 0 Å². The van der Waals surface area contributed by atoms with E-state index in [1.165, 1.54) is 71.3 Å². The first-order valence-corrected chi connectivity index (χ1v) is 15.3. The summed E-state index contributed by atoms with van der Waals surface area (Å²) >= 11 is 0. The molecule has 0 aromatic rings. The van der Waals surface area contributed by atoms with Gasteiger partial charge in [-0.2, -0.15) is 0 Å². The molecule has 0 aliphatic heterocycles. The Morgan fingerprint density at radius 3 is 2.03 bits per heavy atom. The molecule has 0 spiro atoms. The first-order chi connectivity index (χ1) is 19.1. The van der Waals surface area contributed by atoms with Crippen molar-refractivity contribution in [2.75, 3.05) is 7.11 Å². The van der Waals surface area contributed by atoms with E-state index in [2.05, 4.69) is 35.6 Å². The van der Waals surface area contributed by atoms with Crippen molar-refractivity contribution in [3.8, 4) is 0 Å². The summed E-state index contributed by atoms with van der Waals surface area (Å²) in [7, 11) is 1.46. The van der Waals surface area contributed by atoms with E-state index >= 15 is 0 Å². The third kappa shape index (κ3) is 29.9. The highest BCUT2D eigenvalue weighted by Gasteiger charge is 1.99. The summed E-state index contributed by atoms with van der Waals surface area (Å²) in [4.78, 5) is 11.0. The second-order valence-corrected chi connectivity index (χ2v) is 9.95. The van der Waals surface area contributed by atoms with Gasteiger partial charge in [-0.05, 0) is 44.6 Å². The summed E-state index contributed by atoms with van der Waals surface area (Å²) in [6, 6.07) is 0. The quantitative estimate of drug-likeness (QED) is 0.0302. The highest BCUT2D eigenvalue weighted by Crippen LogP contribution is 2.13. The number of aliphatic hydroxyl groups is 2. The molecule has 0 heterocycles. The maximum atomic E-state index is 11.0. The Hall–Kier alpha value is -2.55. The molecule has 0 radical (unpaired) electrons. The molecule has 4 nitrogen and oxygen atoms in total. The molecule has 0 unspecified atom stereocenters. The number of unbranched alkanes of at least 4 members (excludes halogenated alkanes) is 12. The Morgan fingerprint density at radius 1 is 0.769 bits per heavy atom. The van der Waals surface area contributed by atoms with Crippen LogP contribution in [-0.2, 0) is 9.53 Å². The number of hydrogen-bond acceptors (Lipinski definition) is 4. The summed E-state index contributed by atoms with van der Waals surface area (Å²) in [5.74, 6) is 0.123. The summed E-state index contributed by atoms with van der Waals surface area (Å²) < 4.78 is 4.66. The molecular formula is C35H56O4. The number of methoxy groups -OCH3 is 1. The first-order valence-electron chi connectivity index (χ1n) is 15.3. The fourth-order valence-corrected chi connectivity index (χ4v) is 3.98. The van der Waals surface area contributed by atoms with Crippen molar-refractivity contribution in [1.29, 1.82) is 0 Å². The van der Waals surface area contributed by atoms with Gasteiger partial charge in [0.2, 0.25) is 0 Å². The van der Waals surface area contributed by atoms with Gasteiger partial charge in [0.1, 0.15) is 5.76 Å². The van der Waals surface area contributed by atoms with Crippen molar-refractivity contribution in [2.24, 2.45) is 0 Å². The summed E-state index contributed by atoms with van der Waals surface area (Å²) in [5, 5.41) is 19.6. The summed E-state index contributed by atoms with van der Waals surface area (Å²) in [6.07, 6.45) is 40.8. The number of rotatable bonds is 25. The lowest BCUT2D eigenvalue weighted by Crippen LogP contribution is -1.99. The lowest BCUT2D eigenvalue weighted by molar-refractivity contribution is -0.140. The molecule has 1 atom stereocenters. The van der Waals surface area contributed by atoms with E-state index in [-0.39, 0.29) is 11.7 Å². The van der Waals surface area contributed by atoms with Crippen LogP contribution in [0.15, 0.2) is 78.3 Å². The number of carbonyl (C=O) groups excluding carboxylic acids is 1. The highest BCUT2D eigenvalue weighted by atomic mass is 16.5. The number of esters is 1. The Bertz CT molecular complexity index is 778. The molecule has 0 aliphatic rings. The second kappa shape index (κ2) is 30.0. The van der Waals surface area contributed by atoms with Gasteiger partial charge in [0, 0.05) is 12.8 Å². The normalized spacial score (nSPS) is 12.8. The third-order valence-corrected chi connectivity index (χ3v) is 6.33. The molecule has 0 fully saturated rings. The molecule has 4 heteroatoms. The number of ether oxygens (including phenoxy) is 1. The maximum Gasteiger partial charge on any atom is 0.305 e. The van der Waals surface area contributed by atoms with Gasteiger partial charge < -0.3 is 14.9 Å². The van der Waals surface area contributed by atoms with E-state index in [0.717, 1.165) is 32.1 Å². The van der Waals surface area contributed by atoms with Gasteiger partial charge in [0.05, 0.1) is 13.2 Å². The SMILES string of the molecule is CC/C=C\C[C@H](O)/C=C\C=C\C=C=C(O)C/C=C\C/C=C\CCCCCCCCCCCCCCC(=O)OC. The molecule has 220 valence electrons. The fourth-order valence-electron chi connectivity index (χ4n) is 3.98. The molecule has 2 N–H and O–H groups in total. The van der Waals surface area contributed by atoms with Gasteiger partial charge in [-0.15, -0.1) is 0 Å². The van der Waals surface area contributed by atoms with Gasteiger partial charge >= 0.3 is 5.97 Å². The van der Waals surface area contributed by atoms with Crippen LogP contribution in [0, 0.1) is 0 Å². The van der Waals surface area contributed by atoms with Crippen LogP contribution < -0.4 is 0 Å². The monoisotopic (exact) mass is 540 g/mol. The zero-order valence-electron chi connectivity index (χ0n) is 24.9. The minimum atomic E-state index is -0.468. The van der Waals surface area contributed by atoms with E-state index in [0.29, 0.717) is 19.3 Å². The zero-order valence-corrected chi connectivity index (χ0v) is 24.9. The lowest BCUT2D eigenvalue weighted by atomic mass is 10.0. The van der Waals surface area contributed by atoms with E-state index in [1.54, 1.807) is 24.3 Å². The molecule has 0 bridgehead atoms. The Morgan fingerprint density at radius 2 is 1.38 bits per heavy atom. The predicted molar refractivity (Wildman–Crippen MR) is 167 cm³/mol. The Kier molecular flexibility index (Phi) is 28.0. The van der Waals surface area contributed by atoms with Crippen LogP contribution in [0.4, 0.5) is 0 Å². The molecule has 0 saturated carbocycles. The van der Waals surface area contributed by atoms with Gasteiger partial charge in [0.15, 0.2) is 0 Å². The topological polar surface area (TPSA) is 66.8 Å². The van der Waals surface area contributed by atoms with Crippen molar-refractivity contribution in [1.82, 2.24) is 0 Å². The molecule has 0 aromatic heterocycles. The molecule has 39 heavy (non-hydrogen) atoms. The smallest absolute Gasteiger partial charge is 0.305 e. The van der Waals surface area contributed by atoms with Crippen LogP contribution in [0.25, 0.3) is 0 Å². The van der Waals surface area contributed by atoms with Crippen LogP contribution in [0.2, 0.25) is 0 Å². The fraction of sp³-hybridized carbons (Fsp3) is 0.600. The highest BCUT2D eigenvalue weighted by molar-refractivity contribution is 5.68. The minimum absolute atomic E-state index is 0.0859. The number of carbonyl (C=O) groups is 1. The molecule has 0 amide bonds. The van der Waals surface area contributed by atoms with Crippen LogP contribution in [0.3, 0.4) is 0 Å². The lowest BCUT2D eigenvalue weighted by Gasteiger charge is -2.03. The average Bonchev–Trinajstić information content (AvgIpc) is 2.93. The van der Waals surface area contributed by atoms with Crippen LogP contribution >= 0.6 is 0 Å². The first kappa shape index (κ1) is 36.5. The minimum Gasteiger partial charge on any atom is -0.504 e. The number of aliphatic hydroxyl groups excluding tert-OH is 2. The van der Waals surface area contributed by atoms with Crippen LogP contribution in [0.1, 0.15) is 122 Å². The van der Waals surface area contributed by atoms with E-state index < -0.39 is 6.10 Å². The van der Waals surface area contributed by atoms with Crippen molar-refractivity contribution in [3.63, 3.8) is 0 Å². The van der Waals surface area contributed by atoms with Crippen LogP contribution in [-0.4, -0.2) is 29.4 Å². The average molecular weight is 541 g/mol. The van der Waals surface area contributed by atoms with Gasteiger partial charge in [-0.3, -0.25) is 4.79 Å². The van der Waals surface area contributed by atoms with E-state index in [4.69, 9.17) is 0 Å². The molecule has 0 aromatic carbocycles. The number of hydrogen-bond donors (Lipinski definition) is 2. The van der Waals surface area contributed by atoms with Crippen LogP contribution in [0.5, 0.6) is 0 Å². The second-order valence-electron chi connectivity index (χ2n) is 9.95. The molecule has 0 rings (SSSR count). The summed E-state index contributed by atoms with van der Waals surface area (Å²) in [6.45, 7) is 2.07. The van der Waals surface area contributed by atoms with Gasteiger partial charge in [0.25, 0.3) is 0 Å². The molecule has 0 aliphatic carbocycles. The Balaban J connectivity index is 3.60. The van der Waals surface area contributed by atoms with Crippen molar-refractivity contribution in [2.45, 2.75) is 129 Å². The van der Waals surface area contributed by atoms with Gasteiger partial charge in [-0.1, -0.05) is 138 Å². The summed E-state index contributed by atoms with van der Waals surface area (Å²) in [5.41, 5.74) is 2.85. The Labute approximate surface area is 239 Å². The molecular weight excluding hydrogens is 484 g/mol. The molecule has 0 saturated heterocycles. The predicted octanol–water partition coefficient (Wildman–Crippen LogP) is 9.94. The zero-order chi connectivity index (χ0) is 28.7. The largest absolute Gasteiger partial charge is 0.504 e.